The van der Waals surface area contributed by atoms with Gasteiger partial charge in [-0.25, -0.2) is 14.2 Å². The maximum absolute atomic E-state index is 13.5. The second-order valence-corrected chi connectivity index (χ2v) is 8.97. The zero-order chi connectivity index (χ0) is 26.0. The van der Waals surface area contributed by atoms with Crippen LogP contribution in [0.5, 0.6) is 5.75 Å². The molecule has 0 saturated carbocycles. The third-order valence-electron chi connectivity index (χ3n) is 5.59. The first-order valence-electron chi connectivity index (χ1n) is 11.1. The number of ketones is 1. The molecule has 0 aliphatic carbocycles. The number of hydrogen-bond donors (Lipinski definition) is 1. The van der Waals surface area contributed by atoms with Gasteiger partial charge in [-0.1, -0.05) is 30.4 Å². The first kappa shape index (κ1) is 25.1. The van der Waals surface area contributed by atoms with Crippen LogP contribution in [0.25, 0.3) is 5.76 Å². The number of hydrogen-bond acceptors (Lipinski definition) is 8. The third kappa shape index (κ3) is 4.59. The number of thiazole rings is 1. The van der Waals surface area contributed by atoms with Gasteiger partial charge < -0.3 is 14.6 Å². The molecule has 1 N–H and O–H groups in total. The van der Waals surface area contributed by atoms with Crippen LogP contribution >= 0.6 is 11.3 Å². The standard InChI is InChI=1S/C26H23FN2O6S/c1-4-13-35-18-11-7-15(8-12-18)20-19(21(30)16-5-9-17(27)10-6-16)22(31)24(32)29(20)26-28-14(2)23(36-26)25(33)34-3/h5-12,20,30H,4,13H2,1-3H3/b21-19-. The topological polar surface area (TPSA) is 106 Å². The van der Waals surface area contributed by atoms with E-state index >= 15 is 0 Å². The molecule has 0 bridgehead atoms. The number of Topliss-reactive ketones (excluding diaryl/α,β-unsaturated/α-hetero) is 1. The van der Waals surface area contributed by atoms with Crippen molar-refractivity contribution in [2.75, 3.05) is 18.6 Å². The Balaban J connectivity index is 1.88. The fourth-order valence-corrected chi connectivity index (χ4v) is 4.85. The summed E-state index contributed by atoms with van der Waals surface area (Å²) in [5, 5.41) is 11.2. The summed E-state index contributed by atoms with van der Waals surface area (Å²) >= 11 is 0.908. The van der Waals surface area contributed by atoms with Crippen LogP contribution in [0.1, 0.15) is 45.9 Å². The van der Waals surface area contributed by atoms with Crippen molar-refractivity contribution in [3.8, 4) is 5.75 Å². The minimum atomic E-state index is -1.05. The van der Waals surface area contributed by atoms with E-state index in [0.717, 1.165) is 34.8 Å². The number of anilines is 1. The molecule has 10 heteroatoms. The lowest BCUT2D eigenvalue weighted by Gasteiger charge is -2.23. The number of ether oxygens (including phenoxy) is 2. The highest BCUT2D eigenvalue weighted by Crippen LogP contribution is 2.44. The molecule has 0 radical (unpaired) electrons. The Hall–Kier alpha value is -4.05. The minimum Gasteiger partial charge on any atom is -0.507 e. The number of esters is 1. The van der Waals surface area contributed by atoms with E-state index in [1.54, 1.807) is 31.2 Å². The normalized spacial score (nSPS) is 16.9. The predicted octanol–water partition coefficient (Wildman–Crippen LogP) is 4.79. The molecule has 186 valence electrons. The van der Waals surface area contributed by atoms with Crippen LogP contribution < -0.4 is 9.64 Å². The van der Waals surface area contributed by atoms with Crippen LogP contribution in [0.4, 0.5) is 9.52 Å². The molecule has 2 aromatic carbocycles. The van der Waals surface area contributed by atoms with E-state index in [0.29, 0.717) is 23.6 Å². The fourth-order valence-electron chi connectivity index (χ4n) is 3.84. The molecule has 1 atom stereocenters. The monoisotopic (exact) mass is 510 g/mol. The van der Waals surface area contributed by atoms with Crippen molar-refractivity contribution in [1.82, 2.24) is 4.98 Å². The molecule has 1 aliphatic rings. The van der Waals surface area contributed by atoms with Gasteiger partial charge >= 0.3 is 11.9 Å². The number of carbonyl (C=O) groups is 3. The first-order valence-corrected chi connectivity index (χ1v) is 11.9. The Morgan fingerprint density at radius 2 is 1.81 bits per heavy atom. The van der Waals surface area contributed by atoms with Gasteiger partial charge in [-0.3, -0.25) is 14.5 Å². The summed E-state index contributed by atoms with van der Waals surface area (Å²) in [5.41, 5.74) is 0.840. The molecule has 1 fully saturated rings. The number of benzene rings is 2. The van der Waals surface area contributed by atoms with Gasteiger partial charge in [0.05, 0.1) is 31.0 Å². The Morgan fingerprint density at radius 3 is 2.42 bits per heavy atom. The smallest absolute Gasteiger partial charge is 0.350 e. The predicted molar refractivity (Wildman–Crippen MR) is 132 cm³/mol. The summed E-state index contributed by atoms with van der Waals surface area (Å²) in [6.07, 6.45) is 0.825. The van der Waals surface area contributed by atoms with Gasteiger partial charge in [0, 0.05) is 5.56 Å². The molecule has 0 spiro atoms. The third-order valence-corrected chi connectivity index (χ3v) is 6.73. The average Bonchev–Trinajstić information content (AvgIpc) is 3.39. The SMILES string of the molecule is CCCOc1ccc(C2/C(=C(/O)c3ccc(F)cc3)C(=O)C(=O)N2c2nc(C)c(C(=O)OC)s2)cc1. The number of methoxy groups -OCH3 is 1. The van der Waals surface area contributed by atoms with E-state index in [9.17, 15) is 23.9 Å². The quantitative estimate of drug-likeness (QED) is 0.211. The largest absolute Gasteiger partial charge is 0.507 e. The highest BCUT2D eigenvalue weighted by Gasteiger charge is 2.48. The molecule has 2 heterocycles. The lowest BCUT2D eigenvalue weighted by molar-refractivity contribution is -0.132. The van der Waals surface area contributed by atoms with Crippen molar-refractivity contribution >= 4 is 39.9 Å². The number of aryl methyl sites for hydroxylation is 1. The average molecular weight is 511 g/mol. The number of amides is 1. The highest BCUT2D eigenvalue weighted by molar-refractivity contribution is 7.17. The van der Waals surface area contributed by atoms with E-state index in [1.807, 2.05) is 6.92 Å². The van der Waals surface area contributed by atoms with Crippen molar-refractivity contribution in [2.45, 2.75) is 26.3 Å². The molecule has 1 amide bonds. The number of carbonyl (C=O) groups excluding carboxylic acids is 3. The summed E-state index contributed by atoms with van der Waals surface area (Å²) in [7, 11) is 1.23. The molecule has 3 aromatic rings. The van der Waals surface area contributed by atoms with Crippen LogP contribution in [-0.2, 0) is 14.3 Å². The number of aliphatic hydroxyl groups is 1. The Morgan fingerprint density at radius 1 is 1.14 bits per heavy atom. The van der Waals surface area contributed by atoms with Crippen molar-refractivity contribution in [2.24, 2.45) is 0 Å². The Labute approximate surface area is 210 Å². The van der Waals surface area contributed by atoms with Gasteiger partial charge in [-0.15, -0.1) is 0 Å². The summed E-state index contributed by atoms with van der Waals surface area (Å²) in [5.74, 6) is -2.82. The van der Waals surface area contributed by atoms with Gasteiger partial charge in [0.15, 0.2) is 5.13 Å². The highest BCUT2D eigenvalue weighted by atomic mass is 32.1. The molecule has 4 rings (SSSR count). The van der Waals surface area contributed by atoms with Crippen LogP contribution in [0.3, 0.4) is 0 Å². The molecular weight excluding hydrogens is 487 g/mol. The summed E-state index contributed by atoms with van der Waals surface area (Å²) in [4.78, 5) is 44.3. The molecular formula is C26H23FN2O6S. The molecule has 36 heavy (non-hydrogen) atoms. The lowest BCUT2D eigenvalue weighted by atomic mass is 9.95. The maximum atomic E-state index is 13.5. The van der Waals surface area contributed by atoms with Crippen molar-refractivity contribution in [1.29, 1.82) is 0 Å². The molecule has 1 aromatic heterocycles. The second kappa shape index (κ2) is 10.3. The number of nitrogens with zero attached hydrogens (tertiary/aromatic N) is 2. The minimum absolute atomic E-state index is 0.101. The van der Waals surface area contributed by atoms with Gasteiger partial charge in [-0.2, -0.15) is 0 Å². The molecule has 1 saturated heterocycles. The van der Waals surface area contributed by atoms with Crippen LogP contribution in [0.2, 0.25) is 0 Å². The van der Waals surface area contributed by atoms with Crippen LogP contribution in [-0.4, -0.2) is 41.5 Å². The zero-order valence-electron chi connectivity index (χ0n) is 19.8. The fraction of sp³-hybridized carbons (Fsp3) is 0.231. The van der Waals surface area contributed by atoms with Crippen LogP contribution in [0.15, 0.2) is 54.1 Å². The van der Waals surface area contributed by atoms with E-state index in [1.165, 1.54) is 19.2 Å². The maximum Gasteiger partial charge on any atom is 0.350 e. The number of aliphatic hydroxyl groups excluding tert-OH is 1. The van der Waals surface area contributed by atoms with E-state index in [2.05, 4.69) is 4.98 Å². The van der Waals surface area contributed by atoms with E-state index in [4.69, 9.17) is 9.47 Å². The molecule has 1 aliphatic heterocycles. The first-order chi connectivity index (χ1) is 17.3. The number of halogens is 1. The Bertz CT molecular complexity index is 1350. The summed E-state index contributed by atoms with van der Waals surface area (Å²) in [6.45, 7) is 4.10. The molecule has 1 unspecified atom stereocenters. The van der Waals surface area contributed by atoms with Gasteiger partial charge in [-0.05, 0) is 55.3 Å². The number of aromatic nitrogens is 1. The van der Waals surface area contributed by atoms with Gasteiger partial charge in [0.25, 0.3) is 5.78 Å². The van der Waals surface area contributed by atoms with Crippen molar-refractivity contribution in [3.63, 3.8) is 0 Å². The van der Waals surface area contributed by atoms with E-state index in [-0.39, 0.29) is 21.1 Å². The van der Waals surface area contributed by atoms with Crippen LogP contribution in [0, 0.1) is 12.7 Å². The zero-order valence-corrected chi connectivity index (χ0v) is 20.6. The summed E-state index contributed by atoms with van der Waals surface area (Å²) < 4.78 is 23.9. The van der Waals surface area contributed by atoms with Crippen molar-refractivity contribution in [3.05, 3.63) is 81.6 Å². The summed E-state index contributed by atoms with van der Waals surface area (Å²) in [6, 6.07) is 10.7. The van der Waals surface area contributed by atoms with Gasteiger partial charge in [0.2, 0.25) is 0 Å². The van der Waals surface area contributed by atoms with Gasteiger partial charge in [0.1, 0.15) is 22.2 Å². The molecule has 8 nitrogen and oxygen atoms in total. The lowest BCUT2D eigenvalue weighted by Crippen LogP contribution is -2.29. The van der Waals surface area contributed by atoms with Crippen molar-refractivity contribution < 1.29 is 33.4 Å². The van der Waals surface area contributed by atoms with E-state index < -0.39 is 35.3 Å². The number of rotatable bonds is 7. The second-order valence-electron chi connectivity index (χ2n) is 8.00. The Kier molecular flexibility index (Phi) is 7.16.